The summed E-state index contributed by atoms with van der Waals surface area (Å²) < 4.78 is 15.1. The van der Waals surface area contributed by atoms with Crippen molar-refractivity contribution >= 4 is 5.95 Å². The number of nitrogens with one attached hydrogen (secondary N) is 1. The highest BCUT2D eigenvalue weighted by Gasteiger charge is 2.04. The van der Waals surface area contributed by atoms with E-state index in [2.05, 4.69) is 14.9 Å². The largest absolute Gasteiger partial charge is 0.356 e. The number of imidazole rings is 1. The highest BCUT2D eigenvalue weighted by Crippen LogP contribution is 2.13. The second-order valence-electron chi connectivity index (χ2n) is 4.30. The number of hydrogen-bond acceptors (Lipinski definition) is 2. The molecule has 1 aromatic heterocycles. The van der Waals surface area contributed by atoms with Gasteiger partial charge in [-0.15, -0.1) is 0 Å². The number of anilines is 1. The average molecular weight is 247 g/mol. The minimum Gasteiger partial charge on any atom is -0.356 e. The normalized spacial score (nSPS) is 10.6. The molecule has 96 valence electrons. The van der Waals surface area contributed by atoms with Gasteiger partial charge in [-0.2, -0.15) is 0 Å². The molecule has 3 nitrogen and oxygen atoms in total. The topological polar surface area (TPSA) is 29.9 Å². The third kappa shape index (κ3) is 2.88. The van der Waals surface area contributed by atoms with Crippen molar-refractivity contribution in [2.24, 2.45) is 0 Å². The van der Waals surface area contributed by atoms with Crippen LogP contribution in [-0.2, 0) is 13.0 Å². The Balaban J connectivity index is 2.04. The van der Waals surface area contributed by atoms with E-state index in [4.69, 9.17) is 0 Å². The molecule has 0 amide bonds. The minimum atomic E-state index is -0.174. The molecular weight excluding hydrogens is 229 g/mol. The van der Waals surface area contributed by atoms with Crippen molar-refractivity contribution in [2.45, 2.75) is 26.8 Å². The molecule has 0 aliphatic carbocycles. The summed E-state index contributed by atoms with van der Waals surface area (Å²) in [5.74, 6) is 0.712. The van der Waals surface area contributed by atoms with Crippen LogP contribution in [0.15, 0.2) is 30.6 Å². The van der Waals surface area contributed by atoms with Crippen molar-refractivity contribution in [3.05, 3.63) is 47.5 Å². The summed E-state index contributed by atoms with van der Waals surface area (Å²) in [6.07, 6.45) is 4.62. The molecule has 0 unspecified atom stereocenters. The van der Waals surface area contributed by atoms with E-state index in [0.717, 1.165) is 31.0 Å². The fourth-order valence-corrected chi connectivity index (χ4v) is 2.00. The van der Waals surface area contributed by atoms with Gasteiger partial charge in [0.25, 0.3) is 0 Å². The van der Waals surface area contributed by atoms with Crippen LogP contribution >= 0.6 is 0 Å². The maximum atomic E-state index is 13.0. The quantitative estimate of drug-likeness (QED) is 0.880. The Kier molecular flexibility index (Phi) is 3.97. The van der Waals surface area contributed by atoms with Crippen molar-refractivity contribution in [1.82, 2.24) is 9.55 Å². The van der Waals surface area contributed by atoms with Gasteiger partial charge in [-0.25, -0.2) is 9.37 Å². The van der Waals surface area contributed by atoms with Gasteiger partial charge in [0, 0.05) is 25.5 Å². The van der Waals surface area contributed by atoms with Crippen LogP contribution in [0.1, 0.15) is 18.1 Å². The average Bonchev–Trinajstić information content (AvgIpc) is 2.76. The van der Waals surface area contributed by atoms with E-state index in [-0.39, 0.29) is 5.82 Å². The SMILES string of the molecule is CCNc1nccn1CCc1ccc(F)cc1C. The van der Waals surface area contributed by atoms with Crippen LogP contribution in [0.2, 0.25) is 0 Å². The van der Waals surface area contributed by atoms with Gasteiger partial charge in [-0.1, -0.05) is 6.07 Å². The van der Waals surface area contributed by atoms with E-state index in [1.807, 2.05) is 26.1 Å². The highest BCUT2D eigenvalue weighted by molar-refractivity contribution is 5.28. The maximum absolute atomic E-state index is 13.0. The van der Waals surface area contributed by atoms with Crippen molar-refractivity contribution in [2.75, 3.05) is 11.9 Å². The Morgan fingerprint density at radius 3 is 2.94 bits per heavy atom. The van der Waals surface area contributed by atoms with Crippen LogP contribution in [0, 0.1) is 12.7 Å². The second-order valence-corrected chi connectivity index (χ2v) is 4.30. The van der Waals surface area contributed by atoms with E-state index in [0.29, 0.717) is 0 Å². The fraction of sp³-hybridized carbons (Fsp3) is 0.357. The summed E-state index contributed by atoms with van der Waals surface area (Å²) in [6.45, 7) is 5.68. The minimum absolute atomic E-state index is 0.174. The van der Waals surface area contributed by atoms with Gasteiger partial charge >= 0.3 is 0 Å². The lowest BCUT2D eigenvalue weighted by Gasteiger charge is -2.10. The first-order valence-corrected chi connectivity index (χ1v) is 6.20. The molecule has 0 aliphatic heterocycles. The lowest BCUT2D eigenvalue weighted by molar-refractivity contribution is 0.624. The number of hydrogen-bond donors (Lipinski definition) is 1. The summed E-state index contributed by atoms with van der Waals surface area (Å²) in [7, 11) is 0. The van der Waals surface area contributed by atoms with Gasteiger partial charge in [0.15, 0.2) is 0 Å². The zero-order chi connectivity index (χ0) is 13.0. The van der Waals surface area contributed by atoms with Gasteiger partial charge in [0.1, 0.15) is 5.82 Å². The smallest absolute Gasteiger partial charge is 0.202 e. The van der Waals surface area contributed by atoms with Gasteiger partial charge in [0.05, 0.1) is 0 Å². The molecular formula is C14H18FN3. The molecule has 1 aromatic carbocycles. The lowest BCUT2D eigenvalue weighted by Crippen LogP contribution is -2.08. The van der Waals surface area contributed by atoms with Crippen molar-refractivity contribution in [1.29, 1.82) is 0 Å². The van der Waals surface area contributed by atoms with Crippen LogP contribution in [0.4, 0.5) is 10.3 Å². The van der Waals surface area contributed by atoms with Crippen LogP contribution in [0.25, 0.3) is 0 Å². The molecule has 0 saturated heterocycles. The summed E-state index contributed by atoms with van der Waals surface area (Å²) in [6, 6.07) is 4.95. The van der Waals surface area contributed by atoms with Gasteiger partial charge in [0.2, 0.25) is 5.95 Å². The van der Waals surface area contributed by atoms with Crippen LogP contribution < -0.4 is 5.32 Å². The summed E-state index contributed by atoms with van der Waals surface area (Å²) in [5.41, 5.74) is 2.17. The van der Waals surface area contributed by atoms with Crippen LogP contribution in [0.3, 0.4) is 0 Å². The first-order valence-electron chi connectivity index (χ1n) is 6.20. The molecule has 1 heterocycles. The molecule has 18 heavy (non-hydrogen) atoms. The predicted octanol–water partition coefficient (Wildman–Crippen LogP) is 3.01. The highest BCUT2D eigenvalue weighted by atomic mass is 19.1. The summed E-state index contributed by atoms with van der Waals surface area (Å²) >= 11 is 0. The Labute approximate surface area is 107 Å². The van der Waals surface area contributed by atoms with E-state index in [1.165, 1.54) is 11.6 Å². The Morgan fingerprint density at radius 1 is 1.39 bits per heavy atom. The van der Waals surface area contributed by atoms with E-state index in [1.54, 1.807) is 12.3 Å². The molecule has 0 aliphatic rings. The molecule has 2 rings (SSSR count). The zero-order valence-corrected chi connectivity index (χ0v) is 10.8. The van der Waals surface area contributed by atoms with Crippen molar-refractivity contribution in [3.8, 4) is 0 Å². The lowest BCUT2D eigenvalue weighted by atomic mass is 10.1. The first-order chi connectivity index (χ1) is 8.70. The van der Waals surface area contributed by atoms with Gasteiger partial charge in [-0.05, 0) is 43.5 Å². The van der Waals surface area contributed by atoms with Gasteiger partial charge in [-0.3, -0.25) is 0 Å². The predicted molar refractivity (Wildman–Crippen MR) is 71.2 cm³/mol. The third-order valence-corrected chi connectivity index (χ3v) is 2.98. The molecule has 1 N–H and O–H groups in total. The first kappa shape index (κ1) is 12.6. The number of aromatic nitrogens is 2. The zero-order valence-electron chi connectivity index (χ0n) is 10.8. The number of rotatable bonds is 5. The molecule has 0 atom stereocenters. The molecule has 0 spiro atoms. The molecule has 0 fully saturated rings. The van der Waals surface area contributed by atoms with E-state index >= 15 is 0 Å². The van der Waals surface area contributed by atoms with Crippen LogP contribution in [0.5, 0.6) is 0 Å². The van der Waals surface area contributed by atoms with Crippen molar-refractivity contribution < 1.29 is 4.39 Å². The number of benzene rings is 1. The Morgan fingerprint density at radius 2 is 2.22 bits per heavy atom. The van der Waals surface area contributed by atoms with E-state index < -0.39 is 0 Å². The Hall–Kier alpha value is -1.84. The third-order valence-electron chi connectivity index (χ3n) is 2.98. The molecule has 2 aromatic rings. The molecule has 0 saturated carbocycles. The number of halogens is 1. The summed E-state index contributed by atoms with van der Waals surface area (Å²) in [4.78, 5) is 4.25. The fourth-order valence-electron chi connectivity index (χ4n) is 2.00. The number of nitrogens with zero attached hydrogens (tertiary/aromatic N) is 2. The maximum Gasteiger partial charge on any atom is 0.202 e. The second kappa shape index (κ2) is 5.67. The molecule has 4 heteroatoms. The summed E-state index contributed by atoms with van der Waals surface area (Å²) in [5, 5.41) is 3.21. The molecule has 0 bridgehead atoms. The van der Waals surface area contributed by atoms with Crippen molar-refractivity contribution in [3.63, 3.8) is 0 Å². The van der Waals surface area contributed by atoms with Crippen LogP contribution in [-0.4, -0.2) is 16.1 Å². The standard InChI is InChI=1S/C14H18FN3/c1-3-16-14-17-7-9-18(14)8-6-12-4-5-13(15)10-11(12)2/h4-5,7,9-10H,3,6,8H2,1-2H3,(H,16,17). The van der Waals surface area contributed by atoms with E-state index in [9.17, 15) is 4.39 Å². The van der Waals surface area contributed by atoms with Gasteiger partial charge < -0.3 is 9.88 Å². The number of aryl methyl sites for hydroxylation is 3. The Bertz CT molecular complexity index is 520. The monoisotopic (exact) mass is 247 g/mol. The molecule has 0 radical (unpaired) electrons.